The second kappa shape index (κ2) is 5.02. The van der Waals surface area contributed by atoms with E-state index in [1.54, 1.807) is 0 Å². The molecule has 1 aliphatic rings. The molecule has 2 unspecified atom stereocenters. The van der Waals surface area contributed by atoms with Crippen LogP contribution in [0.3, 0.4) is 0 Å². The number of nitrogens with one attached hydrogen (secondary N) is 1. The minimum Gasteiger partial charge on any atom is -0.466 e. The van der Waals surface area contributed by atoms with E-state index in [0.29, 0.717) is 0 Å². The van der Waals surface area contributed by atoms with Crippen LogP contribution in [-0.2, 0) is 6.54 Å². The highest BCUT2D eigenvalue weighted by Crippen LogP contribution is 2.20. The topological polar surface area (TPSA) is 45.4 Å². The van der Waals surface area contributed by atoms with Crippen molar-refractivity contribution < 1.29 is 9.52 Å². The molecule has 3 heteroatoms. The smallest absolute Gasteiger partial charge is 0.105 e. The SMILES string of the molecule is Cc1cc(CNC2CCCCC2O)c(C)o1. The van der Waals surface area contributed by atoms with E-state index in [4.69, 9.17) is 4.42 Å². The van der Waals surface area contributed by atoms with Crippen molar-refractivity contribution >= 4 is 0 Å². The molecule has 2 N–H and O–H groups in total. The molecule has 1 fully saturated rings. The van der Waals surface area contributed by atoms with Gasteiger partial charge in [0.05, 0.1) is 6.10 Å². The van der Waals surface area contributed by atoms with Crippen LogP contribution in [0, 0.1) is 13.8 Å². The highest BCUT2D eigenvalue weighted by Gasteiger charge is 2.22. The average molecular weight is 223 g/mol. The average Bonchev–Trinajstić information content (AvgIpc) is 2.56. The summed E-state index contributed by atoms with van der Waals surface area (Å²) >= 11 is 0. The highest BCUT2D eigenvalue weighted by molar-refractivity contribution is 5.19. The van der Waals surface area contributed by atoms with Crippen LogP contribution in [0.15, 0.2) is 10.5 Å². The number of aliphatic hydroxyl groups is 1. The van der Waals surface area contributed by atoms with Gasteiger partial charge in [-0.2, -0.15) is 0 Å². The summed E-state index contributed by atoms with van der Waals surface area (Å²) in [7, 11) is 0. The second-order valence-electron chi connectivity index (χ2n) is 4.78. The Morgan fingerprint density at radius 2 is 2.12 bits per heavy atom. The number of furan rings is 1. The van der Waals surface area contributed by atoms with Gasteiger partial charge >= 0.3 is 0 Å². The van der Waals surface area contributed by atoms with Crippen molar-refractivity contribution in [3.05, 3.63) is 23.2 Å². The molecule has 0 amide bonds. The molecule has 1 saturated carbocycles. The molecule has 0 bridgehead atoms. The molecule has 3 nitrogen and oxygen atoms in total. The molecule has 90 valence electrons. The molecule has 1 heterocycles. The molecule has 0 spiro atoms. The van der Waals surface area contributed by atoms with E-state index in [1.807, 2.05) is 13.8 Å². The maximum Gasteiger partial charge on any atom is 0.105 e. The fourth-order valence-electron chi connectivity index (χ4n) is 2.45. The largest absolute Gasteiger partial charge is 0.466 e. The minimum absolute atomic E-state index is 0.179. The molecule has 0 aliphatic heterocycles. The van der Waals surface area contributed by atoms with Gasteiger partial charge in [-0.3, -0.25) is 0 Å². The summed E-state index contributed by atoms with van der Waals surface area (Å²) in [6.45, 7) is 4.75. The van der Waals surface area contributed by atoms with Crippen molar-refractivity contribution in [3.8, 4) is 0 Å². The first-order valence-corrected chi connectivity index (χ1v) is 6.14. The number of aryl methyl sites for hydroxylation is 2. The van der Waals surface area contributed by atoms with Crippen LogP contribution in [-0.4, -0.2) is 17.3 Å². The van der Waals surface area contributed by atoms with Gasteiger partial charge in [0.25, 0.3) is 0 Å². The number of hydrogen-bond donors (Lipinski definition) is 2. The van der Waals surface area contributed by atoms with E-state index in [1.165, 1.54) is 12.0 Å². The molecule has 0 radical (unpaired) electrons. The summed E-state index contributed by atoms with van der Waals surface area (Å²) in [5.74, 6) is 1.94. The summed E-state index contributed by atoms with van der Waals surface area (Å²) in [5, 5.41) is 13.3. The van der Waals surface area contributed by atoms with Crippen molar-refractivity contribution in [2.45, 2.75) is 58.2 Å². The van der Waals surface area contributed by atoms with Crippen LogP contribution < -0.4 is 5.32 Å². The Morgan fingerprint density at radius 1 is 1.38 bits per heavy atom. The Balaban J connectivity index is 1.89. The summed E-state index contributed by atoms with van der Waals surface area (Å²) in [6.07, 6.45) is 4.21. The molecule has 2 atom stereocenters. The minimum atomic E-state index is -0.179. The quantitative estimate of drug-likeness (QED) is 0.826. The summed E-state index contributed by atoms with van der Waals surface area (Å²) in [5.41, 5.74) is 1.20. The second-order valence-corrected chi connectivity index (χ2v) is 4.78. The van der Waals surface area contributed by atoms with E-state index in [9.17, 15) is 5.11 Å². The first-order chi connectivity index (χ1) is 7.66. The van der Waals surface area contributed by atoms with Crippen LogP contribution >= 0.6 is 0 Å². The molecular formula is C13H21NO2. The zero-order chi connectivity index (χ0) is 11.5. The zero-order valence-corrected chi connectivity index (χ0v) is 10.1. The van der Waals surface area contributed by atoms with E-state index >= 15 is 0 Å². The van der Waals surface area contributed by atoms with Crippen LogP contribution in [0.1, 0.15) is 42.8 Å². The van der Waals surface area contributed by atoms with Crippen molar-refractivity contribution in [3.63, 3.8) is 0 Å². The van der Waals surface area contributed by atoms with Crippen molar-refractivity contribution in [2.24, 2.45) is 0 Å². The number of hydrogen-bond acceptors (Lipinski definition) is 3. The Morgan fingerprint density at radius 3 is 2.75 bits per heavy atom. The fourth-order valence-corrected chi connectivity index (χ4v) is 2.45. The van der Waals surface area contributed by atoms with Crippen LogP contribution in [0.2, 0.25) is 0 Å². The summed E-state index contributed by atoms with van der Waals surface area (Å²) in [4.78, 5) is 0. The lowest BCUT2D eigenvalue weighted by Gasteiger charge is -2.28. The molecule has 1 aromatic heterocycles. The van der Waals surface area contributed by atoms with E-state index in [0.717, 1.165) is 37.3 Å². The van der Waals surface area contributed by atoms with Crippen LogP contribution in [0.4, 0.5) is 0 Å². The molecular weight excluding hydrogens is 202 g/mol. The van der Waals surface area contributed by atoms with Gasteiger partial charge in [0, 0.05) is 18.2 Å². The van der Waals surface area contributed by atoms with E-state index in [2.05, 4.69) is 11.4 Å². The van der Waals surface area contributed by atoms with Gasteiger partial charge in [-0.1, -0.05) is 12.8 Å². The van der Waals surface area contributed by atoms with Crippen LogP contribution in [0.25, 0.3) is 0 Å². The summed E-state index contributed by atoms with van der Waals surface area (Å²) < 4.78 is 5.48. The van der Waals surface area contributed by atoms with Crippen molar-refractivity contribution in [1.29, 1.82) is 0 Å². The Kier molecular flexibility index (Phi) is 3.66. The lowest BCUT2D eigenvalue weighted by Crippen LogP contribution is -2.41. The van der Waals surface area contributed by atoms with Gasteiger partial charge < -0.3 is 14.8 Å². The van der Waals surface area contributed by atoms with E-state index < -0.39 is 0 Å². The van der Waals surface area contributed by atoms with Gasteiger partial charge in [-0.15, -0.1) is 0 Å². The van der Waals surface area contributed by atoms with Gasteiger partial charge in [0.15, 0.2) is 0 Å². The standard InChI is InChI=1S/C13H21NO2/c1-9-7-11(10(2)16-9)8-14-12-5-3-4-6-13(12)15/h7,12-15H,3-6,8H2,1-2H3. The third-order valence-electron chi connectivity index (χ3n) is 3.43. The first kappa shape index (κ1) is 11.7. The molecule has 0 saturated heterocycles. The van der Waals surface area contributed by atoms with Gasteiger partial charge in [0.2, 0.25) is 0 Å². The summed E-state index contributed by atoms with van der Waals surface area (Å²) in [6, 6.07) is 2.32. The zero-order valence-electron chi connectivity index (χ0n) is 10.1. The Labute approximate surface area is 96.8 Å². The fraction of sp³-hybridized carbons (Fsp3) is 0.692. The van der Waals surface area contributed by atoms with Crippen molar-refractivity contribution in [2.75, 3.05) is 0 Å². The molecule has 16 heavy (non-hydrogen) atoms. The Bertz CT molecular complexity index is 346. The predicted molar refractivity (Wildman–Crippen MR) is 63.3 cm³/mol. The first-order valence-electron chi connectivity index (χ1n) is 6.14. The monoisotopic (exact) mass is 223 g/mol. The van der Waals surface area contributed by atoms with E-state index in [-0.39, 0.29) is 12.1 Å². The third kappa shape index (κ3) is 2.66. The molecule has 1 aromatic rings. The molecule has 1 aliphatic carbocycles. The number of rotatable bonds is 3. The van der Waals surface area contributed by atoms with Crippen molar-refractivity contribution in [1.82, 2.24) is 5.32 Å². The maximum atomic E-state index is 9.84. The predicted octanol–water partition coefficient (Wildman–Crippen LogP) is 2.29. The normalized spacial score (nSPS) is 25.9. The molecule has 2 rings (SSSR count). The Hall–Kier alpha value is -0.800. The van der Waals surface area contributed by atoms with Gasteiger partial charge in [-0.25, -0.2) is 0 Å². The third-order valence-corrected chi connectivity index (χ3v) is 3.43. The maximum absolute atomic E-state index is 9.84. The van der Waals surface area contributed by atoms with Crippen LogP contribution in [0.5, 0.6) is 0 Å². The van der Waals surface area contributed by atoms with Gasteiger partial charge in [0.1, 0.15) is 11.5 Å². The number of aliphatic hydroxyl groups excluding tert-OH is 1. The molecule has 0 aromatic carbocycles. The lowest BCUT2D eigenvalue weighted by atomic mass is 9.92. The van der Waals surface area contributed by atoms with Gasteiger partial charge in [-0.05, 0) is 32.8 Å². The lowest BCUT2D eigenvalue weighted by molar-refractivity contribution is 0.0902. The highest BCUT2D eigenvalue weighted by atomic mass is 16.3.